The largest absolute Gasteiger partial charge is 0.357 e. The quantitative estimate of drug-likeness (QED) is 0.253. The number of aliphatic imine (C=N–C) groups is 1. The average molecular weight is 452 g/mol. The molecule has 0 aromatic carbocycles. The first-order valence-corrected chi connectivity index (χ1v) is 9.35. The third-order valence-electron chi connectivity index (χ3n) is 3.39. The molecular weight excluding hydrogens is 419 g/mol. The second kappa shape index (κ2) is 13.0. The van der Waals surface area contributed by atoms with Crippen molar-refractivity contribution in [2.75, 3.05) is 13.1 Å². The van der Waals surface area contributed by atoms with E-state index >= 15 is 0 Å². The molecule has 0 aliphatic rings. The van der Waals surface area contributed by atoms with E-state index < -0.39 is 0 Å². The predicted molar refractivity (Wildman–Crippen MR) is 113 cm³/mol. The fourth-order valence-electron chi connectivity index (χ4n) is 2.15. The molecule has 1 unspecified atom stereocenters. The standard InChI is InChI=1S/C17H32N4S.HI/c1-6-18-17(21-14(4)10-9-13(2)3)19-11-7-8-16-20-15(5)12-22-16;/h12-14H,6-11H2,1-5H3,(H2,18,19,21);1H. The van der Waals surface area contributed by atoms with Crippen molar-refractivity contribution in [2.45, 2.75) is 66.3 Å². The lowest BCUT2D eigenvalue weighted by Gasteiger charge is -2.18. The Balaban J connectivity index is 0.00000484. The van der Waals surface area contributed by atoms with Gasteiger partial charge in [-0.1, -0.05) is 13.8 Å². The normalized spacial score (nSPS) is 12.9. The SMILES string of the molecule is CCNC(=NCCCc1nc(C)cs1)NC(C)CCC(C)C.I. The van der Waals surface area contributed by atoms with Crippen LogP contribution >= 0.6 is 35.3 Å². The number of guanidine groups is 1. The summed E-state index contributed by atoms with van der Waals surface area (Å²) in [6, 6.07) is 0.460. The van der Waals surface area contributed by atoms with Crippen LogP contribution in [0, 0.1) is 12.8 Å². The summed E-state index contributed by atoms with van der Waals surface area (Å²) in [7, 11) is 0. The number of halogens is 1. The number of hydrogen-bond donors (Lipinski definition) is 2. The zero-order valence-corrected chi connectivity index (χ0v) is 18.3. The monoisotopic (exact) mass is 452 g/mol. The zero-order valence-electron chi connectivity index (χ0n) is 15.2. The number of aromatic nitrogens is 1. The Kier molecular flexibility index (Phi) is 12.8. The van der Waals surface area contributed by atoms with Crippen LogP contribution in [-0.2, 0) is 6.42 Å². The molecule has 1 heterocycles. The molecule has 2 N–H and O–H groups in total. The van der Waals surface area contributed by atoms with Crippen molar-refractivity contribution in [3.63, 3.8) is 0 Å². The van der Waals surface area contributed by atoms with Gasteiger partial charge in [-0.2, -0.15) is 0 Å². The molecule has 6 heteroatoms. The minimum absolute atomic E-state index is 0. The first kappa shape index (κ1) is 22.6. The van der Waals surface area contributed by atoms with Crippen molar-refractivity contribution in [3.05, 3.63) is 16.1 Å². The molecule has 0 radical (unpaired) electrons. The van der Waals surface area contributed by atoms with Gasteiger partial charge >= 0.3 is 0 Å². The van der Waals surface area contributed by atoms with Gasteiger partial charge < -0.3 is 10.6 Å². The van der Waals surface area contributed by atoms with Gasteiger partial charge in [0.1, 0.15) is 0 Å². The lowest BCUT2D eigenvalue weighted by atomic mass is 10.0. The van der Waals surface area contributed by atoms with Crippen LogP contribution in [0.5, 0.6) is 0 Å². The fourth-order valence-corrected chi connectivity index (χ4v) is 2.97. The van der Waals surface area contributed by atoms with E-state index in [0.29, 0.717) is 6.04 Å². The van der Waals surface area contributed by atoms with Crippen molar-refractivity contribution < 1.29 is 0 Å². The molecule has 1 aromatic rings. The van der Waals surface area contributed by atoms with E-state index in [1.807, 2.05) is 6.92 Å². The molecule has 0 saturated heterocycles. The first-order chi connectivity index (χ1) is 10.5. The van der Waals surface area contributed by atoms with Gasteiger partial charge in [-0.3, -0.25) is 4.99 Å². The van der Waals surface area contributed by atoms with E-state index in [9.17, 15) is 0 Å². The summed E-state index contributed by atoms with van der Waals surface area (Å²) in [6.07, 6.45) is 4.49. The second-order valence-electron chi connectivity index (χ2n) is 6.26. The van der Waals surface area contributed by atoms with Crippen molar-refractivity contribution >= 4 is 41.3 Å². The molecule has 1 aromatic heterocycles. The Labute approximate surface area is 163 Å². The highest BCUT2D eigenvalue weighted by Gasteiger charge is 2.06. The molecule has 1 atom stereocenters. The number of aryl methyl sites for hydroxylation is 2. The molecular formula is C17H33IN4S. The molecule has 0 fully saturated rings. The van der Waals surface area contributed by atoms with Gasteiger partial charge in [0.25, 0.3) is 0 Å². The van der Waals surface area contributed by atoms with Crippen molar-refractivity contribution in [1.29, 1.82) is 0 Å². The number of thiazole rings is 1. The molecule has 0 spiro atoms. The number of rotatable bonds is 9. The van der Waals surface area contributed by atoms with Crippen molar-refractivity contribution in [2.24, 2.45) is 10.9 Å². The maximum absolute atomic E-state index is 4.67. The van der Waals surface area contributed by atoms with Crippen molar-refractivity contribution in [3.8, 4) is 0 Å². The summed E-state index contributed by atoms with van der Waals surface area (Å²) in [4.78, 5) is 9.17. The summed E-state index contributed by atoms with van der Waals surface area (Å²) >= 11 is 1.75. The van der Waals surface area contributed by atoms with E-state index in [0.717, 1.165) is 43.5 Å². The van der Waals surface area contributed by atoms with E-state index in [4.69, 9.17) is 0 Å². The zero-order chi connectivity index (χ0) is 16.4. The maximum Gasteiger partial charge on any atom is 0.191 e. The van der Waals surface area contributed by atoms with Crippen molar-refractivity contribution in [1.82, 2.24) is 15.6 Å². The Morgan fingerprint density at radius 3 is 2.61 bits per heavy atom. The van der Waals surface area contributed by atoms with Gasteiger partial charge in [0.2, 0.25) is 0 Å². The van der Waals surface area contributed by atoms with Gasteiger partial charge in [-0.25, -0.2) is 4.98 Å². The smallest absolute Gasteiger partial charge is 0.191 e. The van der Waals surface area contributed by atoms with Gasteiger partial charge in [0, 0.05) is 36.6 Å². The first-order valence-electron chi connectivity index (χ1n) is 8.47. The van der Waals surface area contributed by atoms with Gasteiger partial charge in [-0.15, -0.1) is 35.3 Å². The molecule has 0 aliphatic carbocycles. The summed E-state index contributed by atoms with van der Waals surface area (Å²) in [5.74, 6) is 1.69. The molecule has 134 valence electrons. The van der Waals surface area contributed by atoms with Crippen LogP contribution < -0.4 is 10.6 Å². The van der Waals surface area contributed by atoms with Crippen LogP contribution in [-0.4, -0.2) is 30.1 Å². The van der Waals surface area contributed by atoms with Gasteiger partial charge in [0.15, 0.2) is 5.96 Å². The third-order valence-corrected chi connectivity index (χ3v) is 4.42. The third kappa shape index (κ3) is 10.9. The summed E-state index contributed by atoms with van der Waals surface area (Å²) in [5.41, 5.74) is 1.12. The van der Waals surface area contributed by atoms with Crippen LogP contribution in [0.4, 0.5) is 0 Å². The van der Waals surface area contributed by atoms with E-state index in [2.05, 4.69) is 53.7 Å². The van der Waals surface area contributed by atoms with E-state index in [-0.39, 0.29) is 24.0 Å². The van der Waals surface area contributed by atoms with E-state index in [1.54, 1.807) is 11.3 Å². The summed E-state index contributed by atoms with van der Waals surface area (Å²) in [5, 5.41) is 10.2. The minimum atomic E-state index is 0. The Morgan fingerprint density at radius 1 is 1.30 bits per heavy atom. The highest BCUT2D eigenvalue weighted by Crippen LogP contribution is 2.10. The second-order valence-corrected chi connectivity index (χ2v) is 7.21. The minimum Gasteiger partial charge on any atom is -0.357 e. The Morgan fingerprint density at radius 2 is 2.04 bits per heavy atom. The van der Waals surface area contributed by atoms with Crippen LogP contribution in [0.1, 0.15) is 57.7 Å². The topological polar surface area (TPSA) is 49.3 Å². The summed E-state index contributed by atoms with van der Waals surface area (Å²) in [6.45, 7) is 12.7. The Bertz CT molecular complexity index is 446. The summed E-state index contributed by atoms with van der Waals surface area (Å²) < 4.78 is 0. The molecule has 0 saturated carbocycles. The lowest BCUT2D eigenvalue weighted by Crippen LogP contribution is -2.42. The van der Waals surface area contributed by atoms with Crippen LogP contribution in [0.15, 0.2) is 10.4 Å². The van der Waals surface area contributed by atoms with E-state index in [1.165, 1.54) is 17.8 Å². The van der Waals surface area contributed by atoms with Gasteiger partial charge in [-0.05, 0) is 46.0 Å². The average Bonchev–Trinajstić information content (AvgIpc) is 2.87. The molecule has 0 bridgehead atoms. The number of nitrogens with one attached hydrogen (secondary N) is 2. The highest BCUT2D eigenvalue weighted by atomic mass is 127. The number of nitrogens with zero attached hydrogens (tertiary/aromatic N) is 2. The molecule has 4 nitrogen and oxygen atoms in total. The molecule has 0 aliphatic heterocycles. The maximum atomic E-state index is 4.67. The highest BCUT2D eigenvalue weighted by molar-refractivity contribution is 14.0. The number of hydrogen-bond acceptors (Lipinski definition) is 3. The Hall–Kier alpha value is -0.370. The molecule has 1 rings (SSSR count). The van der Waals surface area contributed by atoms with Crippen LogP contribution in [0.25, 0.3) is 0 Å². The predicted octanol–water partition coefficient (Wildman–Crippen LogP) is 4.38. The lowest BCUT2D eigenvalue weighted by molar-refractivity contribution is 0.489. The fraction of sp³-hybridized carbons (Fsp3) is 0.765. The van der Waals surface area contributed by atoms with Gasteiger partial charge in [0.05, 0.1) is 5.01 Å². The van der Waals surface area contributed by atoms with Crippen LogP contribution in [0.2, 0.25) is 0 Å². The van der Waals surface area contributed by atoms with Crippen LogP contribution in [0.3, 0.4) is 0 Å². The molecule has 0 amide bonds. The molecule has 23 heavy (non-hydrogen) atoms.